The maximum absolute atomic E-state index is 5.47. The summed E-state index contributed by atoms with van der Waals surface area (Å²) in [4.78, 5) is 7.29. The Labute approximate surface area is 187 Å². The second-order valence-electron chi connectivity index (χ2n) is 7.49. The molecule has 28 heavy (non-hydrogen) atoms. The van der Waals surface area contributed by atoms with Crippen molar-refractivity contribution in [2.45, 2.75) is 39.2 Å². The molecule has 1 fully saturated rings. The molecular weight excluding hydrogens is 467 g/mol. The highest BCUT2D eigenvalue weighted by Gasteiger charge is 2.28. The minimum atomic E-state index is 0. The normalized spacial score (nSPS) is 15.6. The van der Waals surface area contributed by atoms with E-state index < -0.39 is 0 Å². The van der Waals surface area contributed by atoms with Crippen molar-refractivity contribution in [1.29, 1.82) is 0 Å². The quantitative estimate of drug-likeness (QED) is 0.235. The number of morpholine rings is 1. The molecule has 0 radical (unpaired) electrons. The van der Waals surface area contributed by atoms with E-state index in [0.717, 1.165) is 70.5 Å². The Morgan fingerprint density at radius 3 is 2.68 bits per heavy atom. The van der Waals surface area contributed by atoms with Gasteiger partial charge in [0.15, 0.2) is 5.96 Å². The van der Waals surface area contributed by atoms with Gasteiger partial charge in [0.1, 0.15) is 5.75 Å². The number of benzene rings is 1. The van der Waals surface area contributed by atoms with Gasteiger partial charge in [0.25, 0.3) is 0 Å². The van der Waals surface area contributed by atoms with Crippen LogP contribution in [0.3, 0.4) is 0 Å². The highest BCUT2D eigenvalue weighted by molar-refractivity contribution is 14.0. The molecule has 0 bridgehead atoms. The van der Waals surface area contributed by atoms with E-state index in [-0.39, 0.29) is 29.5 Å². The summed E-state index contributed by atoms with van der Waals surface area (Å²) in [5.41, 5.74) is 1.33. The number of hydrogen-bond acceptors (Lipinski definition) is 4. The Morgan fingerprint density at radius 2 is 2.00 bits per heavy atom. The first kappa shape index (κ1) is 25.0. The van der Waals surface area contributed by atoms with Crippen LogP contribution in [0.4, 0.5) is 0 Å². The summed E-state index contributed by atoms with van der Waals surface area (Å²) in [6.45, 7) is 12.7. The van der Waals surface area contributed by atoms with Crippen LogP contribution in [0, 0.1) is 0 Å². The maximum Gasteiger partial charge on any atom is 0.191 e. The lowest BCUT2D eigenvalue weighted by Crippen LogP contribution is -2.52. The van der Waals surface area contributed by atoms with E-state index in [1.54, 1.807) is 7.11 Å². The molecule has 0 amide bonds. The van der Waals surface area contributed by atoms with Crippen LogP contribution in [0.15, 0.2) is 29.3 Å². The fraction of sp³-hybridized carbons (Fsp3) is 0.667. The fourth-order valence-electron chi connectivity index (χ4n) is 3.21. The topological polar surface area (TPSA) is 58.1 Å². The Balaban J connectivity index is 0.00000392. The molecule has 1 aliphatic rings. The van der Waals surface area contributed by atoms with Gasteiger partial charge < -0.3 is 20.1 Å². The van der Waals surface area contributed by atoms with Crippen LogP contribution in [0.2, 0.25) is 0 Å². The lowest BCUT2D eigenvalue weighted by Gasteiger charge is -2.39. The molecular formula is C21H37IN4O2. The van der Waals surface area contributed by atoms with Crippen molar-refractivity contribution in [1.82, 2.24) is 15.5 Å². The number of hydrogen-bond donors (Lipinski definition) is 2. The summed E-state index contributed by atoms with van der Waals surface area (Å²) in [5, 5.41) is 6.81. The molecule has 0 saturated carbocycles. The van der Waals surface area contributed by atoms with Crippen LogP contribution in [-0.4, -0.2) is 69.4 Å². The van der Waals surface area contributed by atoms with Crippen LogP contribution in [0.25, 0.3) is 0 Å². The van der Waals surface area contributed by atoms with E-state index in [1.807, 2.05) is 12.1 Å². The minimum absolute atomic E-state index is 0. The maximum atomic E-state index is 5.47. The third-order valence-corrected chi connectivity index (χ3v) is 4.90. The summed E-state index contributed by atoms with van der Waals surface area (Å²) < 4.78 is 10.8. The summed E-state index contributed by atoms with van der Waals surface area (Å²) in [7, 11) is 1.71. The van der Waals surface area contributed by atoms with E-state index in [9.17, 15) is 0 Å². The molecule has 1 aromatic carbocycles. The number of rotatable bonds is 9. The molecule has 1 aliphatic heterocycles. The number of aliphatic imine (C=N–C) groups is 1. The number of aryl methyl sites for hydroxylation is 1. The van der Waals surface area contributed by atoms with Gasteiger partial charge >= 0.3 is 0 Å². The van der Waals surface area contributed by atoms with Crippen LogP contribution in [0.1, 0.15) is 32.8 Å². The molecule has 2 rings (SSSR count). The smallest absolute Gasteiger partial charge is 0.191 e. The van der Waals surface area contributed by atoms with Gasteiger partial charge in [-0.05, 0) is 51.3 Å². The lowest BCUT2D eigenvalue weighted by molar-refractivity contribution is -0.00683. The molecule has 0 atom stereocenters. The third-order valence-electron chi connectivity index (χ3n) is 4.90. The van der Waals surface area contributed by atoms with Crippen LogP contribution in [0.5, 0.6) is 5.75 Å². The molecule has 7 heteroatoms. The van der Waals surface area contributed by atoms with Gasteiger partial charge in [0.2, 0.25) is 0 Å². The standard InChI is InChI=1S/C21H36N4O2.HI/c1-5-22-20(24-17-21(2,3)25-12-14-27-15-13-25)23-11-7-9-18-8-6-10-19(16-18)26-4;/h6,8,10,16H,5,7,9,11-15,17H2,1-4H3,(H2,22,23,24);1H. The zero-order valence-corrected chi connectivity index (χ0v) is 20.1. The predicted molar refractivity (Wildman–Crippen MR) is 127 cm³/mol. The molecule has 0 spiro atoms. The van der Waals surface area contributed by atoms with E-state index in [2.05, 4.69) is 48.4 Å². The van der Waals surface area contributed by atoms with E-state index in [4.69, 9.17) is 14.5 Å². The van der Waals surface area contributed by atoms with Gasteiger partial charge in [-0.3, -0.25) is 9.89 Å². The van der Waals surface area contributed by atoms with Gasteiger partial charge in [-0.15, -0.1) is 24.0 Å². The largest absolute Gasteiger partial charge is 0.497 e. The van der Waals surface area contributed by atoms with Crippen LogP contribution in [-0.2, 0) is 11.2 Å². The first-order valence-corrected chi connectivity index (χ1v) is 10.0. The van der Waals surface area contributed by atoms with Crippen molar-refractivity contribution >= 4 is 29.9 Å². The third kappa shape index (κ3) is 8.53. The molecule has 0 aromatic heterocycles. The van der Waals surface area contributed by atoms with Crippen molar-refractivity contribution < 1.29 is 9.47 Å². The second kappa shape index (κ2) is 13.2. The van der Waals surface area contributed by atoms with Crippen molar-refractivity contribution in [3.05, 3.63) is 29.8 Å². The Bertz CT molecular complexity index is 590. The Hall–Kier alpha value is -1.06. The van der Waals surface area contributed by atoms with Gasteiger partial charge in [0, 0.05) is 31.7 Å². The highest BCUT2D eigenvalue weighted by Crippen LogP contribution is 2.16. The van der Waals surface area contributed by atoms with E-state index >= 15 is 0 Å². The van der Waals surface area contributed by atoms with Gasteiger partial charge in [-0.1, -0.05) is 12.1 Å². The van der Waals surface area contributed by atoms with Crippen molar-refractivity contribution in [2.75, 3.05) is 53.0 Å². The number of methoxy groups -OCH3 is 1. The van der Waals surface area contributed by atoms with Crippen molar-refractivity contribution in [3.8, 4) is 5.75 Å². The number of ether oxygens (including phenoxy) is 2. The molecule has 2 N–H and O–H groups in total. The summed E-state index contributed by atoms with van der Waals surface area (Å²) in [6.07, 6.45) is 2.06. The van der Waals surface area contributed by atoms with E-state index in [0.29, 0.717) is 0 Å². The average Bonchev–Trinajstić information content (AvgIpc) is 2.70. The van der Waals surface area contributed by atoms with Gasteiger partial charge in [-0.25, -0.2) is 0 Å². The minimum Gasteiger partial charge on any atom is -0.497 e. The second-order valence-corrected chi connectivity index (χ2v) is 7.49. The van der Waals surface area contributed by atoms with Gasteiger partial charge in [-0.2, -0.15) is 0 Å². The van der Waals surface area contributed by atoms with Crippen molar-refractivity contribution in [3.63, 3.8) is 0 Å². The van der Waals surface area contributed by atoms with Crippen molar-refractivity contribution in [2.24, 2.45) is 4.99 Å². The first-order valence-electron chi connectivity index (χ1n) is 10.0. The monoisotopic (exact) mass is 504 g/mol. The SMILES string of the molecule is CCNC(=NCC(C)(C)N1CCOCC1)NCCCc1cccc(OC)c1.I. The molecule has 0 unspecified atom stereocenters. The summed E-state index contributed by atoms with van der Waals surface area (Å²) >= 11 is 0. The molecule has 0 aliphatic carbocycles. The first-order chi connectivity index (χ1) is 13.0. The molecule has 1 aromatic rings. The fourth-order valence-corrected chi connectivity index (χ4v) is 3.21. The van der Waals surface area contributed by atoms with E-state index in [1.165, 1.54) is 5.56 Å². The number of halogens is 1. The highest BCUT2D eigenvalue weighted by atomic mass is 127. The Morgan fingerprint density at radius 1 is 1.25 bits per heavy atom. The zero-order valence-electron chi connectivity index (χ0n) is 17.8. The molecule has 1 heterocycles. The summed E-state index contributed by atoms with van der Waals surface area (Å²) in [6, 6.07) is 8.27. The number of nitrogens with zero attached hydrogens (tertiary/aromatic N) is 2. The van der Waals surface area contributed by atoms with Crippen LogP contribution >= 0.6 is 24.0 Å². The Kier molecular flexibility index (Phi) is 11.8. The number of nitrogens with one attached hydrogen (secondary N) is 2. The predicted octanol–water partition coefficient (Wildman–Crippen LogP) is 2.91. The average molecular weight is 504 g/mol. The van der Waals surface area contributed by atoms with Crippen LogP contribution < -0.4 is 15.4 Å². The molecule has 1 saturated heterocycles. The zero-order chi connectivity index (χ0) is 19.5. The van der Waals surface area contributed by atoms with Gasteiger partial charge in [0.05, 0.1) is 26.9 Å². The molecule has 6 nitrogen and oxygen atoms in total. The molecule has 160 valence electrons. The lowest BCUT2D eigenvalue weighted by atomic mass is 10.0. The number of guanidine groups is 1. The summed E-state index contributed by atoms with van der Waals surface area (Å²) in [5.74, 6) is 1.81.